The largest absolute Gasteiger partial charge is 0.497 e. The first-order chi connectivity index (χ1) is 13.1. The first-order valence-electron chi connectivity index (χ1n) is 8.16. The highest BCUT2D eigenvalue weighted by atomic mass is 35.5. The molecule has 1 amide bonds. The SMILES string of the molecule is COc1ccc(/C=C/C(=O)Nc2cnn(COc3cccc(Cl)c3)c2)cc1. The number of halogens is 1. The van der Waals surface area contributed by atoms with Crippen molar-refractivity contribution < 1.29 is 14.3 Å². The molecule has 138 valence electrons. The molecule has 1 N–H and O–H groups in total. The van der Waals surface area contributed by atoms with Crippen LogP contribution in [0.2, 0.25) is 5.02 Å². The highest BCUT2D eigenvalue weighted by Gasteiger charge is 2.03. The van der Waals surface area contributed by atoms with Crippen molar-refractivity contribution in [1.82, 2.24) is 9.78 Å². The molecule has 3 rings (SSSR count). The molecule has 3 aromatic rings. The number of benzene rings is 2. The molecule has 7 heteroatoms. The number of aromatic nitrogens is 2. The molecule has 0 unspecified atom stereocenters. The average Bonchev–Trinajstić information content (AvgIpc) is 3.12. The molecule has 0 saturated heterocycles. The molecule has 0 atom stereocenters. The zero-order valence-electron chi connectivity index (χ0n) is 14.6. The highest BCUT2D eigenvalue weighted by molar-refractivity contribution is 6.30. The molecule has 0 fully saturated rings. The molecule has 0 saturated carbocycles. The molecule has 0 spiro atoms. The standard InChI is InChI=1S/C20H18ClN3O3/c1-26-18-8-5-15(6-9-18)7-10-20(25)23-17-12-22-24(13-17)14-27-19-4-2-3-16(21)11-19/h2-13H,14H2,1H3,(H,23,25)/b10-7+. The van der Waals surface area contributed by atoms with Crippen LogP contribution in [0, 0.1) is 0 Å². The van der Waals surface area contributed by atoms with Gasteiger partial charge in [0.05, 0.1) is 25.2 Å². The number of ether oxygens (including phenoxy) is 2. The van der Waals surface area contributed by atoms with Crippen molar-refractivity contribution >= 4 is 29.3 Å². The van der Waals surface area contributed by atoms with Gasteiger partial charge in [0.25, 0.3) is 0 Å². The summed E-state index contributed by atoms with van der Waals surface area (Å²) in [4.78, 5) is 12.0. The Morgan fingerprint density at radius 3 is 2.78 bits per heavy atom. The normalized spacial score (nSPS) is 10.7. The van der Waals surface area contributed by atoms with Gasteiger partial charge in [0, 0.05) is 11.1 Å². The minimum absolute atomic E-state index is 0.206. The lowest BCUT2D eigenvalue weighted by molar-refractivity contribution is -0.111. The minimum Gasteiger partial charge on any atom is -0.497 e. The van der Waals surface area contributed by atoms with Crippen molar-refractivity contribution in [2.24, 2.45) is 0 Å². The van der Waals surface area contributed by atoms with E-state index in [1.807, 2.05) is 36.4 Å². The van der Waals surface area contributed by atoms with E-state index >= 15 is 0 Å². The number of nitrogens with zero attached hydrogens (tertiary/aromatic N) is 2. The summed E-state index contributed by atoms with van der Waals surface area (Å²) in [5.41, 5.74) is 1.48. The van der Waals surface area contributed by atoms with Gasteiger partial charge in [0.2, 0.25) is 5.91 Å². The van der Waals surface area contributed by atoms with Gasteiger partial charge in [-0.1, -0.05) is 29.8 Å². The van der Waals surface area contributed by atoms with E-state index < -0.39 is 0 Å². The lowest BCUT2D eigenvalue weighted by atomic mass is 10.2. The summed E-state index contributed by atoms with van der Waals surface area (Å²) in [6.45, 7) is 0.206. The number of carbonyl (C=O) groups excluding carboxylic acids is 1. The maximum absolute atomic E-state index is 12.0. The summed E-state index contributed by atoms with van der Waals surface area (Å²) >= 11 is 5.91. The Labute approximate surface area is 162 Å². The zero-order valence-corrected chi connectivity index (χ0v) is 15.4. The topological polar surface area (TPSA) is 65.4 Å². The third kappa shape index (κ3) is 5.62. The lowest BCUT2D eigenvalue weighted by Gasteiger charge is -2.06. The van der Waals surface area contributed by atoms with Crippen LogP contribution in [-0.2, 0) is 11.5 Å². The van der Waals surface area contributed by atoms with Crippen molar-refractivity contribution in [3.05, 3.63) is 77.6 Å². The van der Waals surface area contributed by atoms with E-state index in [0.717, 1.165) is 11.3 Å². The molecule has 1 heterocycles. The third-order valence-corrected chi connectivity index (χ3v) is 3.84. The molecule has 0 bridgehead atoms. The summed E-state index contributed by atoms with van der Waals surface area (Å²) in [5.74, 6) is 1.16. The van der Waals surface area contributed by atoms with Gasteiger partial charge in [-0.3, -0.25) is 4.79 Å². The maximum atomic E-state index is 12.0. The van der Waals surface area contributed by atoms with Crippen LogP contribution in [-0.4, -0.2) is 22.8 Å². The monoisotopic (exact) mass is 383 g/mol. The van der Waals surface area contributed by atoms with E-state index in [-0.39, 0.29) is 12.6 Å². The van der Waals surface area contributed by atoms with Crippen LogP contribution in [0.1, 0.15) is 5.56 Å². The van der Waals surface area contributed by atoms with Crippen LogP contribution in [0.3, 0.4) is 0 Å². The predicted molar refractivity (Wildman–Crippen MR) is 105 cm³/mol. The zero-order chi connectivity index (χ0) is 19.1. The maximum Gasteiger partial charge on any atom is 0.248 e. The fourth-order valence-electron chi connectivity index (χ4n) is 2.27. The molecule has 2 aromatic carbocycles. The second-order valence-electron chi connectivity index (χ2n) is 5.60. The number of anilines is 1. The number of carbonyl (C=O) groups is 1. The average molecular weight is 384 g/mol. The van der Waals surface area contributed by atoms with Crippen LogP contribution in [0.5, 0.6) is 11.5 Å². The number of hydrogen-bond acceptors (Lipinski definition) is 4. The van der Waals surface area contributed by atoms with Gasteiger partial charge in [0.15, 0.2) is 6.73 Å². The second kappa shape index (κ2) is 8.91. The Balaban J connectivity index is 1.51. The molecule has 0 radical (unpaired) electrons. The van der Waals surface area contributed by atoms with E-state index in [9.17, 15) is 4.79 Å². The van der Waals surface area contributed by atoms with E-state index in [4.69, 9.17) is 21.1 Å². The molecule has 6 nitrogen and oxygen atoms in total. The van der Waals surface area contributed by atoms with Crippen molar-refractivity contribution in [1.29, 1.82) is 0 Å². The van der Waals surface area contributed by atoms with Gasteiger partial charge in [-0.05, 0) is 42.0 Å². The van der Waals surface area contributed by atoms with Crippen molar-refractivity contribution in [2.45, 2.75) is 6.73 Å². The number of rotatable bonds is 7. The fourth-order valence-corrected chi connectivity index (χ4v) is 2.45. The van der Waals surface area contributed by atoms with E-state index in [2.05, 4.69) is 10.4 Å². The second-order valence-corrected chi connectivity index (χ2v) is 6.03. The van der Waals surface area contributed by atoms with Gasteiger partial charge in [-0.25, -0.2) is 4.68 Å². The minimum atomic E-state index is -0.249. The van der Waals surface area contributed by atoms with Gasteiger partial charge in [-0.15, -0.1) is 0 Å². The summed E-state index contributed by atoms with van der Waals surface area (Å²) < 4.78 is 12.3. The molecule has 0 aliphatic rings. The predicted octanol–water partition coefficient (Wildman–Crippen LogP) is 4.23. The summed E-state index contributed by atoms with van der Waals surface area (Å²) in [7, 11) is 1.61. The van der Waals surface area contributed by atoms with Gasteiger partial charge in [0.1, 0.15) is 11.5 Å². The molecule has 0 aliphatic heterocycles. The number of hydrogen-bond donors (Lipinski definition) is 1. The molecule has 0 aliphatic carbocycles. The Bertz CT molecular complexity index is 936. The summed E-state index contributed by atoms with van der Waals surface area (Å²) in [5, 5.41) is 7.50. The highest BCUT2D eigenvalue weighted by Crippen LogP contribution is 2.17. The van der Waals surface area contributed by atoms with Gasteiger partial charge in [-0.2, -0.15) is 5.10 Å². The molecule has 1 aromatic heterocycles. The molecular weight excluding hydrogens is 366 g/mol. The molecular formula is C20H18ClN3O3. The Hall–Kier alpha value is -3.25. The van der Waals surface area contributed by atoms with Crippen LogP contribution >= 0.6 is 11.6 Å². The van der Waals surface area contributed by atoms with E-state index in [0.29, 0.717) is 16.5 Å². The van der Waals surface area contributed by atoms with E-state index in [1.54, 1.807) is 42.4 Å². The number of nitrogens with one attached hydrogen (secondary N) is 1. The van der Waals surface area contributed by atoms with Crippen LogP contribution in [0.25, 0.3) is 6.08 Å². The fraction of sp³-hybridized carbons (Fsp3) is 0.100. The molecule has 27 heavy (non-hydrogen) atoms. The Kier molecular flexibility index (Phi) is 6.12. The first-order valence-corrected chi connectivity index (χ1v) is 8.54. The van der Waals surface area contributed by atoms with Gasteiger partial charge < -0.3 is 14.8 Å². The van der Waals surface area contributed by atoms with Crippen molar-refractivity contribution in [3.8, 4) is 11.5 Å². The summed E-state index contributed by atoms with van der Waals surface area (Å²) in [6, 6.07) is 14.5. The van der Waals surface area contributed by atoms with Crippen LogP contribution in [0.4, 0.5) is 5.69 Å². The Morgan fingerprint density at radius 2 is 2.04 bits per heavy atom. The summed E-state index contributed by atoms with van der Waals surface area (Å²) in [6.07, 6.45) is 6.42. The van der Waals surface area contributed by atoms with Crippen molar-refractivity contribution in [3.63, 3.8) is 0 Å². The Morgan fingerprint density at radius 1 is 1.22 bits per heavy atom. The van der Waals surface area contributed by atoms with Crippen LogP contribution < -0.4 is 14.8 Å². The number of amides is 1. The van der Waals surface area contributed by atoms with Gasteiger partial charge >= 0.3 is 0 Å². The third-order valence-electron chi connectivity index (χ3n) is 3.60. The van der Waals surface area contributed by atoms with Crippen molar-refractivity contribution in [2.75, 3.05) is 12.4 Å². The first kappa shape index (κ1) is 18.5. The van der Waals surface area contributed by atoms with Crippen LogP contribution in [0.15, 0.2) is 67.0 Å². The lowest BCUT2D eigenvalue weighted by Crippen LogP contribution is -2.08. The smallest absolute Gasteiger partial charge is 0.248 e. The van der Waals surface area contributed by atoms with E-state index in [1.165, 1.54) is 6.08 Å². The quantitative estimate of drug-likeness (QED) is 0.620. The number of methoxy groups -OCH3 is 1.